The van der Waals surface area contributed by atoms with E-state index >= 15 is 0 Å². The van der Waals surface area contributed by atoms with Gasteiger partial charge in [0.15, 0.2) is 0 Å². The van der Waals surface area contributed by atoms with Crippen LogP contribution in [0.1, 0.15) is 31.7 Å². The molecule has 0 amide bonds. The van der Waals surface area contributed by atoms with Crippen LogP contribution in [0.15, 0.2) is 18.2 Å². The van der Waals surface area contributed by atoms with E-state index in [0.29, 0.717) is 31.7 Å². The number of carboxylic acid groups (broad SMARTS) is 1. The third kappa shape index (κ3) is 3.35. The molecule has 1 saturated heterocycles. The smallest absolute Gasteiger partial charge is 0.310 e. The summed E-state index contributed by atoms with van der Waals surface area (Å²) >= 11 is 0. The van der Waals surface area contributed by atoms with E-state index in [0.717, 1.165) is 18.5 Å². The minimum atomic E-state index is -0.735. The third-order valence-corrected chi connectivity index (χ3v) is 4.42. The first kappa shape index (κ1) is 15.8. The predicted molar refractivity (Wildman–Crippen MR) is 77.8 cm³/mol. The molecule has 1 heterocycles. The monoisotopic (exact) mass is 295 g/mol. The molecule has 5 heteroatoms. The number of nitrogens with zero attached hydrogens (tertiary/aromatic N) is 1. The van der Waals surface area contributed by atoms with Crippen molar-refractivity contribution in [1.82, 2.24) is 4.90 Å². The molecule has 0 aromatic heterocycles. The summed E-state index contributed by atoms with van der Waals surface area (Å²) in [5.74, 6) is -0.400. The highest BCUT2D eigenvalue weighted by molar-refractivity contribution is 5.75. The van der Waals surface area contributed by atoms with E-state index in [-0.39, 0.29) is 5.82 Å². The van der Waals surface area contributed by atoms with Crippen LogP contribution in [0.2, 0.25) is 0 Å². The minimum absolute atomic E-state index is 0.303. The lowest BCUT2D eigenvalue weighted by Crippen LogP contribution is -2.47. The number of benzene rings is 1. The van der Waals surface area contributed by atoms with Gasteiger partial charge >= 0.3 is 5.97 Å². The summed E-state index contributed by atoms with van der Waals surface area (Å²) in [5, 5.41) is 9.51. The highest BCUT2D eigenvalue weighted by Gasteiger charge is 2.40. The van der Waals surface area contributed by atoms with E-state index in [1.54, 1.807) is 13.2 Å². The molecule has 0 radical (unpaired) electrons. The van der Waals surface area contributed by atoms with E-state index in [9.17, 15) is 14.3 Å². The van der Waals surface area contributed by atoms with Crippen molar-refractivity contribution in [2.24, 2.45) is 5.41 Å². The largest absolute Gasteiger partial charge is 0.496 e. The van der Waals surface area contributed by atoms with E-state index < -0.39 is 11.4 Å². The normalized spacial score (nSPS) is 23.0. The second-order valence-corrected chi connectivity index (χ2v) is 5.71. The van der Waals surface area contributed by atoms with Gasteiger partial charge in [0, 0.05) is 18.7 Å². The van der Waals surface area contributed by atoms with Crippen molar-refractivity contribution in [2.45, 2.75) is 32.7 Å². The molecule has 1 aliphatic heterocycles. The number of carbonyl (C=O) groups is 1. The molecule has 4 nitrogen and oxygen atoms in total. The quantitative estimate of drug-likeness (QED) is 0.907. The zero-order chi connectivity index (χ0) is 15.5. The van der Waals surface area contributed by atoms with Crippen molar-refractivity contribution in [3.63, 3.8) is 0 Å². The van der Waals surface area contributed by atoms with Gasteiger partial charge in [0.1, 0.15) is 11.6 Å². The van der Waals surface area contributed by atoms with Crippen LogP contribution in [0.3, 0.4) is 0 Å². The van der Waals surface area contributed by atoms with Crippen LogP contribution in [0.5, 0.6) is 5.75 Å². The van der Waals surface area contributed by atoms with Crippen LogP contribution in [-0.2, 0) is 11.3 Å². The fourth-order valence-electron chi connectivity index (χ4n) is 3.09. The summed E-state index contributed by atoms with van der Waals surface area (Å²) < 4.78 is 18.7. The van der Waals surface area contributed by atoms with Crippen molar-refractivity contribution >= 4 is 5.97 Å². The van der Waals surface area contributed by atoms with Gasteiger partial charge in [-0.1, -0.05) is 6.92 Å². The Bertz CT molecular complexity index is 520. The van der Waals surface area contributed by atoms with Crippen molar-refractivity contribution < 1.29 is 19.0 Å². The molecule has 0 spiro atoms. The molecule has 0 bridgehead atoms. The fraction of sp³-hybridized carbons (Fsp3) is 0.562. The molecule has 1 atom stereocenters. The average Bonchev–Trinajstić information content (AvgIpc) is 2.47. The van der Waals surface area contributed by atoms with Crippen LogP contribution >= 0.6 is 0 Å². The number of methoxy groups -OCH3 is 1. The summed E-state index contributed by atoms with van der Waals surface area (Å²) in [6, 6.07) is 4.44. The molecule has 1 fully saturated rings. The molecular weight excluding hydrogens is 273 g/mol. The van der Waals surface area contributed by atoms with Crippen LogP contribution in [0.25, 0.3) is 0 Å². The standard InChI is InChI=1S/C16H22FNO3/c1-3-16(15(19)20)7-4-8-18(11-16)10-12-9-13(17)5-6-14(12)21-2/h5-6,9H,3-4,7-8,10-11H2,1-2H3,(H,19,20)/t16-/m1/s1. The van der Waals surface area contributed by atoms with E-state index in [2.05, 4.69) is 4.90 Å². The number of halogens is 1. The Morgan fingerprint density at radius 3 is 2.90 bits per heavy atom. The fourth-order valence-corrected chi connectivity index (χ4v) is 3.09. The van der Waals surface area contributed by atoms with Crippen molar-refractivity contribution in [2.75, 3.05) is 20.2 Å². The number of rotatable bonds is 5. The van der Waals surface area contributed by atoms with E-state index in [4.69, 9.17) is 4.74 Å². The number of piperidine rings is 1. The number of hydrogen-bond acceptors (Lipinski definition) is 3. The molecule has 116 valence electrons. The van der Waals surface area contributed by atoms with Crippen LogP contribution in [-0.4, -0.2) is 36.2 Å². The first-order valence-electron chi connectivity index (χ1n) is 7.29. The van der Waals surface area contributed by atoms with Gasteiger partial charge in [-0.15, -0.1) is 0 Å². The zero-order valence-corrected chi connectivity index (χ0v) is 12.6. The maximum atomic E-state index is 13.4. The summed E-state index contributed by atoms with van der Waals surface area (Å²) in [7, 11) is 1.56. The Morgan fingerprint density at radius 2 is 2.29 bits per heavy atom. The summed E-state index contributed by atoms with van der Waals surface area (Å²) in [6.45, 7) is 3.75. The molecule has 21 heavy (non-hydrogen) atoms. The minimum Gasteiger partial charge on any atom is -0.496 e. The van der Waals surface area contributed by atoms with Crippen molar-refractivity contribution in [1.29, 1.82) is 0 Å². The zero-order valence-electron chi connectivity index (χ0n) is 12.6. The Labute approximate surface area is 124 Å². The summed E-state index contributed by atoms with van der Waals surface area (Å²) in [5.41, 5.74) is 0.0773. The number of ether oxygens (including phenoxy) is 1. The van der Waals surface area contributed by atoms with Gasteiger partial charge < -0.3 is 9.84 Å². The van der Waals surface area contributed by atoms with Gasteiger partial charge in [0.2, 0.25) is 0 Å². The molecule has 1 N–H and O–H groups in total. The number of likely N-dealkylation sites (tertiary alicyclic amines) is 1. The van der Waals surface area contributed by atoms with E-state index in [1.807, 2.05) is 6.92 Å². The molecule has 2 rings (SSSR count). The molecule has 0 unspecified atom stereocenters. The predicted octanol–water partition coefficient (Wildman–Crippen LogP) is 2.91. The van der Waals surface area contributed by atoms with Gasteiger partial charge in [0.05, 0.1) is 12.5 Å². The maximum absolute atomic E-state index is 13.4. The Morgan fingerprint density at radius 1 is 1.52 bits per heavy atom. The number of carboxylic acids is 1. The molecule has 0 saturated carbocycles. The SMILES string of the molecule is CC[C@@]1(C(=O)O)CCCN(Cc2cc(F)ccc2OC)C1. The third-order valence-electron chi connectivity index (χ3n) is 4.42. The number of hydrogen-bond donors (Lipinski definition) is 1. The van der Waals surface area contributed by atoms with Gasteiger partial charge in [-0.25, -0.2) is 4.39 Å². The first-order valence-corrected chi connectivity index (χ1v) is 7.29. The number of aliphatic carboxylic acids is 1. The van der Waals surface area contributed by atoms with Crippen LogP contribution in [0, 0.1) is 11.2 Å². The van der Waals surface area contributed by atoms with E-state index in [1.165, 1.54) is 12.1 Å². The maximum Gasteiger partial charge on any atom is 0.310 e. The lowest BCUT2D eigenvalue weighted by molar-refractivity contribution is -0.153. The Balaban J connectivity index is 2.16. The molecule has 1 aromatic rings. The summed E-state index contributed by atoms with van der Waals surface area (Å²) in [4.78, 5) is 13.7. The van der Waals surface area contributed by atoms with Gasteiger partial charge in [-0.05, 0) is 44.0 Å². The highest BCUT2D eigenvalue weighted by atomic mass is 19.1. The van der Waals surface area contributed by atoms with Crippen LogP contribution in [0.4, 0.5) is 4.39 Å². The van der Waals surface area contributed by atoms with Gasteiger partial charge in [0.25, 0.3) is 0 Å². The van der Waals surface area contributed by atoms with Crippen LogP contribution < -0.4 is 4.74 Å². The van der Waals surface area contributed by atoms with Gasteiger partial charge in [-0.2, -0.15) is 0 Å². The van der Waals surface area contributed by atoms with Gasteiger partial charge in [-0.3, -0.25) is 9.69 Å². The average molecular weight is 295 g/mol. The highest BCUT2D eigenvalue weighted by Crippen LogP contribution is 2.35. The first-order chi connectivity index (χ1) is 10.0. The summed E-state index contributed by atoms with van der Waals surface area (Å²) in [6.07, 6.45) is 2.16. The Hall–Kier alpha value is -1.62. The molecular formula is C16H22FNO3. The Kier molecular flexibility index (Phi) is 4.83. The van der Waals surface area contributed by atoms with Crippen molar-refractivity contribution in [3.8, 4) is 5.75 Å². The topological polar surface area (TPSA) is 49.8 Å². The second-order valence-electron chi connectivity index (χ2n) is 5.71. The van der Waals surface area contributed by atoms with Crippen molar-refractivity contribution in [3.05, 3.63) is 29.6 Å². The lowest BCUT2D eigenvalue weighted by Gasteiger charge is -2.39. The molecule has 0 aliphatic carbocycles. The lowest BCUT2D eigenvalue weighted by atomic mass is 9.77. The molecule has 1 aromatic carbocycles. The molecule has 1 aliphatic rings. The second kappa shape index (κ2) is 6.43.